The zero-order chi connectivity index (χ0) is 14.3. The molecule has 1 aliphatic rings. The minimum Gasteiger partial charge on any atom is -0.391 e. The molecule has 0 aromatic rings. The van der Waals surface area contributed by atoms with E-state index in [1.807, 2.05) is 0 Å². The summed E-state index contributed by atoms with van der Waals surface area (Å²) in [6.07, 6.45) is 7.14. The van der Waals surface area contributed by atoms with Crippen molar-refractivity contribution < 1.29 is 5.11 Å². The number of aliphatic hydroxyl groups is 1. The van der Waals surface area contributed by atoms with Crippen molar-refractivity contribution in [2.45, 2.75) is 64.5 Å². The van der Waals surface area contributed by atoms with E-state index in [-0.39, 0.29) is 6.10 Å². The largest absolute Gasteiger partial charge is 0.391 e. The number of likely N-dealkylation sites (N-methyl/N-ethyl adjacent to an activating group) is 1. The van der Waals surface area contributed by atoms with E-state index in [4.69, 9.17) is 0 Å². The SMILES string of the molecule is CC(C)CN(CCN(C)C)C1CCCCCCC1O. The molecule has 0 aromatic carbocycles. The second-order valence-electron chi connectivity index (χ2n) is 6.82. The lowest BCUT2D eigenvalue weighted by Crippen LogP contribution is -2.48. The Morgan fingerprint density at radius 3 is 2.21 bits per heavy atom. The molecular weight excluding hydrogens is 236 g/mol. The van der Waals surface area contributed by atoms with Crippen molar-refractivity contribution in [3.8, 4) is 0 Å². The molecule has 0 aliphatic heterocycles. The van der Waals surface area contributed by atoms with E-state index in [1.54, 1.807) is 0 Å². The van der Waals surface area contributed by atoms with E-state index in [0.29, 0.717) is 12.0 Å². The summed E-state index contributed by atoms with van der Waals surface area (Å²) >= 11 is 0. The molecule has 1 saturated carbocycles. The van der Waals surface area contributed by atoms with Gasteiger partial charge in [0.05, 0.1) is 6.10 Å². The summed E-state index contributed by atoms with van der Waals surface area (Å²) in [5, 5.41) is 10.5. The second-order valence-corrected chi connectivity index (χ2v) is 6.82. The number of rotatable bonds is 6. The average molecular weight is 270 g/mol. The third-order valence-electron chi connectivity index (χ3n) is 4.10. The first-order valence-electron chi connectivity index (χ1n) is 8.07. The molecule has 0 aromatic heterocycles. The second kappa shape index (κ2) is 8.93. The number of aliphatic hydroxyl groups excluding tert-OH is 1. The fraction of sp³-hybridized carbons (Fsp3) is 1.00. The first-order chi connectivity index (χ1) is 9.00. The van der Waals surface area contributed by atoms with Gasteiger partial charge in [-0.15, -0.1) is 0 Å². The highest BCUT2D eigenvalue weighted by Crippen LogP contribution is 2.22. The van der Waals surface area contributed by atoms with E-state index in [0.717, 1.165) is 26.1 Å². The molecule has 2 unspecified atom stereocenters. The molecule has 114 valence electrons. The zero-order valence-electron chi connectivity index (χ0n) is 13.4. The molecular formula is C16H34N2O. The summed E-state index contributed by atoms with van der Waals surface area (Å²) < 4.78 is 0. The fourth-order valence-electron chi connectivity index (χ4n) is 3.06. The lowest BCUT2D eigenvalue weighted by molar-refractivity contribution is 0.0228. The third kappa shape index (κ3) is 6.73. The molecule has 1 N–H and O–H groups in total. The minimum absolute atomic E-state index is 0.124. The number of nitrogens with zero attached hydrogens (tertiary/aromatic N) is 2. The van der Waals surface area contributed by atoms with Crippen LogP contribution in [0, 0.1) is 5.92 Å². The molecule has 1 aliphatic carbocycles. The fourth-order valence-corrected chi connectivity index (χ4v) is 3.06. The van der Waals surface area contributed by atoms with Gasteiger partial charge in [0.15, 0.2) is 0 Å². The van der Waals surface area contributed by atoms with Gasteiger partial charge in [-0.3, -0.25) is 4.90 Å². The van der Waals surface area contributed by atoms with Crippen LogP contribution in [0.2, 0.25) is 0 Å². The van der Waals surface area contributed by atoms with Gasteiger partial charge in [0.25, 0.3) is 0 Å². The van der Waals surface area contributed by atoms with Crippen LogP contribution in [0.15, 0.2) is 0 Å². The Labute approximate surface area is 120 Å². The molecule has 3 heteroatoms. The van der Waals surface area contributed by atoms with Crippen molar-refractivity contribution in [1.82, 2.24) is 9.80 Å². The predicted octanol–water partition coefficient (Wildman–Crippen LogP) is 2.59. The molecule has 0 heterocycles. The van der Waals surface area contributed by atoms with Crippen LogP contribution in [0.3, 0.4) is 0 Å². The quantitative estimate of drug-likeness (QED) is 0.803. The Morgan fingerprint density at radius 2 is 1.63 bits per heavy atom. The molecule has 0 saturated heterocycles. The minimum atomic E-state index is -0.124. The summed E-state index contributed by atoms with van der Waals surface area (Å²) in [7, 11) is 4.25. The molecule has 2 atom stereocenters. The maximum absolute atomic E-state index is 10.5. The lowest BCUT2D eigenvalue weighted by atomic mass is 9.92. The van der Waals surface area contributed by atoms with E-state index in [1.165, 1.54) is 32.1 Å². The average Bonchev–Trinajstić information content (AvgIpc) is 2.30. The maximum atomic E-state index is 10.5. The van der Waals surface area contributed by atoms with Gasteiger partial charge in [-0.1, -0.05) is 39.5 Å². The van der Waals surface area contributed by atoms with Gasteiger partial charge in [-0.25, -0.2) is 0 Å². The topological polar surface area (TPSA) is 26.7 Å². The van der Waals surface area contributed by atoms with Gasteiger partial charge < -0.3 is 10.0 Å². The highest BCUT2D eigenvalue weighted by molar-refractivity contribution is 4.82. The number of hydrogen-bond donors (Lipinski definition) is 1. The molecule has 19 heavy (non-hydrogen) atoms. The Kier molecular flexibility index (Phi) is 7.96. The summed E-state index contributed by atoms with van der Waals surface area (Å²) in [5.74, 6) is 0.666. The van der Waals surface area contributed by atoms with E-state index >= 15 is 0 Å². The predicted molar refractivity (Wildman–Crippen MR) is 82.5 cm³/mol. The monoisotopic (exact) mass is 270 g/mol. The standard InChI is InChI=1S/C16H34N2O/c1-14(2)13-18(12-11-17(3)4)15-9-7-5-6-8-10-16(15)19/h14-16,19H,5-13H2,1-4H3. The van der Waals surface area contributed by atoms with Crippen LogP contribution in [0.1, 0.15) is 52.4 Å². The van der Waals surface area contributed by atoms with Crippen molar-refractivity contribution in [1.29, 1.82) is 0 Å². The maximum Gasteiger partial charge on any atom is 0.0695 e. The van der Waals surface area contributed by atoms with Crippen LogP contribution in [0.4, 0.5) is 0 Å². The Morgan fingerprint density at radius 1 is 1.00 bits per heavy atom. The molecule has 0 bridgehead atoms. The Bertz CT molecular complexity index is 231. The van der Waals surface area contributed by atoms with E-state index in [9.17, 15) is 5.11 Å². The van der Waals surface area contributed by atoms with Crippen LogP contribution in [-0.4, -0.2) is 60.8 Å². The Balaban J connectivity index is 2.62. The molecule has 0 amide bonds. The third-order valence-corrected chi connectivity index (χ3v) is 4.10. The van der Waals surface area contributed by atoms with Crippen molar-refractivity contribution >= 4 is 0 Å². The van der Waals surface area contributed by atoms with Crippen molar-refractivity contribution in [2.24, 2.45) is 5.92 Å². The lowest BCUT2D eigenvalue weighted by Gasteiger charge is -2.37. The van der Waals surface area contributed by atoms with Gasteiger partial charge in [0, 0.05) is 25.7 Å². The molecule has 1 fully saturated rings. The van der Waals surface area contributed by atoms with Crippen molar-refractivity contribution in [3.05, 3.63) is 0 Å². The van der Waals surface area contributed by atoms with E-state index in [2.05, 4.69) is 37.7 Å². The van der Waals surface area contributed by atoms with Gasteiger partial charge in [-0.05, 0) is 32.9 Å². The van der Waals surface area contributed by atoms with Gasteiger partial charge >= 0.3 is 0 Å². The van der Waals surface area contributed by atoms with E-state index < -0.39 is 0 Å². The first-order valence-corrected chi connectivity index (χ1v) is 8.07. The van der Waals surface area contributed by atoms with Crippen molar-refractivity contribution in [2.75, 3.05) is 33.7 Å². The van der Waals surface area contributed by atoms with Crippen LogP contribution in [0.25, 0.3) is 0 Å². The number of hydrogen-bond acceptors (Lipinski definition) is 3. The summed E-state index contributed by atoms with van der Waals surface area (Å²) in [4.78, 5) is 4.78. The van der Waals surface area contributed by atoms with Crippen LogP contribution in [-0.2, 0) is 0 Å². The first kappa shape index (κ1) is 16.9. The van der Waals surface area contributed by atoms with Crippen LogP contribution < -0.4 is 0 Å². The van der Waals surface area contributed by atoms with Gasteiger partial charge in [-0.2, -0.15) is 0 Å². The van der Waals surface area contributed by atoms with Gasteiger partial charge in [0.1, 0.15) is 0 Å². The van der Waals surface area contributed by atoms with Gasteiger partial charge in [0.2, 0.25) is 0 Å². The molecule has 0 spiro atoms. The molecule has 3 nitrogen and oxygen atoms in total. The highest BCUT2D eigenvalue weighted by Gasteiger charge is 2.26. The summed E-state index contributed by atoms with van der Waals surface area (Å²) in [6, 6.07) is 0.377. The summed E-state index contributed by atoms with van der Waals surface area (Å²) in [5.41, 5.74) is 0. The smallest absolute Gasteiger partial charge is 0.0695 e. The molecule has 1 rings (SSSR count). The molecule has 0 radical (unpaired) electrons. The summed E-state index contributed by atoms with van der Waals surface area (Å²) in [6.45, 7) is 7.81. The Hall–Kier alpha value is -0.120. The zero-order valence-corrected chi connectivity index (χ0v) is 13.4. The normalized spacial score (nSPS) is 25.9. The van der Waals surface area contributed by atoms with Crippen molar-refractivity contribution in [3.63, 3.8) is 0 Å². The van der Waals surface area contributed by atoms with Crippen LogP contribution in [0.5, 0.6) is 0 Å². The van der Waals surface area contributed by atoms with Crippen LogP contribution >= 0.6 is 0 Å². The highest BCUT2D eigenvalue weighted by atomic mass is 16.3.